The zero-order valence-electron chi connectivity index (χ0n) is 16.5. The molecule has 4 rings (SSSR count). The van der Waals surface area contributed by atoms with Crippen molar-refractivity contribution in [3.05, 3.63) is 65.1 Å². The van der Waals surface area contributed by atoms with Crippen molar-refractivity contribution in [3.63, 3.8) is 0 Å². The predicted octanol–water partition coefficient (Wildman–Crippen LogP) is 3.40. The van der Waals surface area contributed by atoms with Crippen LogP contribution < -0.4 is 10.4 Å². The Morgan fingerprint density at radius 2 is 2.03 bits per heavy atom. The van der Waals surface area contributed by atoms with Gasteiger partial charge in [-0.05, 0) is 25.1 Å². The summed E-state index contributed by atoms with van der Waals surface area (Å²) in [7, 11) is 0. The SMILES string of the molecule is Cc1nc(-n2nc(C(C)(C)C)[nH]c2=O)ccc1Oc1ccnc(-c2cnco2)c1. The lowest BCUT2D eigenvalue weighted by molar-refractivity contribution is 0.474. The number of nitrogens with zero attached hydrogens (tertiary/aromatic N) is 5. The summed E-state index contributed by atoms with van der Waals surface area (Å²) in [6, 6.07) is 6.93. The lowest BCUT2D eigenvalue weighted by Crippen LogP contribution is -2.17. The number of aromatic nitrogens is 6. The van der Waals surface area contributed by atoms with E-state index in [1.165, 1.54) is 11.1 Å². The molecule has 0 bridgehead atoms. The monoisotopic (exact) mass is 392 g/mol. The molecule has 0 spiro atoms. The van der Waals surface area contributed by atoms with Crippen molar-refractivity contribution in [2.24, 2.45) is 0 Å². The van der Waals surface area contributed by atoms with E-state index in [1.807, 2.05) is 20.8 Å². The molecule has 0 aliphatic rings. The Morgan fingerprint density at radius 3 is 2.69 bits per heavy atom. The van der Waals surface area contributed by atoms with Crippen LogP contribution in [0.1, 0.15) is 32.3 Å². The van der Waals surface area contributed by atoms with Crippen LogP contribution in [0, 0.1) is 6.92 Å². The lowest BCUT2D eigenvalue weighted by Gasteiger charge is -2.13. The van der Waals surface area contributed by atoms with Crippen molar-refractivity contribution in [2.45, 2.75) is 33.1 Å². The van der Waals surface area contributed by atoms with Crippen LogP contribution in [0.3, 0.4) is 0 Å². The summed E-state index contributed by atoms with van der Waals surface area (Å²) in [5.74, 6) is 2.70. The highest BCUT2D eigenvalue weighted by Crippen LogP contribution is 2.27. The average molecular weight is 392 g/mol. The summed E-state index contributed by atoms with van der Waals surface area (Å²) in [5.41, 5.74) is 0.625. The van der Waals surface area contributed by atoms with Crippen LogP contribution in [-0.4, -0.2) is 29.7 Å². The molecule has 9 nitrogen and oxygen atoms in total. The molecule has 0 aliphatic heterocycles. The van der Waals surface area contributed by atoms with Gasteiger partial charge >= 0.3 is 5.69 Å². The molecule has 148 valence electrons. The molecule has 4 aromatic heterocycles. The average Bonchev–Trinajstić information content (AvgIpc) is 3.33. The van der Waals surface area contributed by atoms with Gasteiger partial charge in [0.15, 0.2) is 18.0 Å². The van der Waals surface area contributed by atoms with E-state index in [0.29, 0.717) is 40.3 Å². The van der Waals surface area contributed by atoms with E-state index in [9.17, 15) is 4.79 Å². The van der Waals surface area contributed by atoms with E-state index in [-0.39, 0.29) is 11.1 Å². The molecule has 0 aromatic carbocycles. The van der Waals surface area contributed by atoms with E-state index in [1.54, 1.807) is 43.6 Å². The van der Waals surface area contributed by atoms with Gasteiger partial charge in [-0.3, -0.25) is 9.97 Å². The van der Waals surface area contributed by atoms with Gasteiger partial charge in [0, 0.05) is 17.7 Å². The van der Waals surface area contributed by atoms with E-state index < -0.39 is 0 Å². The van der Waals surface area contributed by atoms with Gasteiger partial charge in [-0.1, -0.05) is 20.8 Å². The van der Waals surface area contributed by atoms with E-state index >= 15 is 0 Å². The fraction of sp³-hybridized carbons (Fsp3) is 0.250. The minimum Gasteiger partial charge on any atom is -0.455 e. The van der Waals surface area contributed by atoms with Crippen LogP contribution in [0.2, 0.25) is 0 Å². The molecular formula is C20H20N6O3. The quantitative estimate of drug-likeness (QED) is 0.566. The highest BCUT2D eigenvalue weighted by atomic mass is 16.5. The molecule has 0 amide bonds. The van der Waals surface area contributed by atoms with Crippen LogP contribution in [0.25, 0.3) is 17.3 Å². The van der Waals surface area contributed by atoms with Gasteiger partial charge in [-0.25, -0.2) is 14.8 Å². The van der Waals surface area contributed by atoms with Gasteiger partial charge in [-0.15, -0.1) is 5.10 Å². The first-order valence-corrected chi connectivity index (χ1v) is 9.02. The number of oxazole rings is 1. The molecule has 0 saturated carbocycles. The Bertz CT molecular complexity index is 1200. The Balaban J connectivity index is 1.61. The predicted molar refractivity (Wildman–Crippen MR) is 105 cm³/mol. The molecule has 9 heteroatoms. The van der Waals surface area contributed by atoms with E-state index in [4.69, 9.17) is 9.15 Å². The fourth-order valence-corrected chi connectivity index (χ4v) is 2.66. The van der Waals surface area contributed by atoms with Crippen LogP contribution in [-0.2, 0) is 5.41 Å². The van der Waals surface area contributed by atoms with Crippen LogP contribution in [0.4, 0.5) is 0 Å². The number of hydrogen-bond donors (Lipinski definition) is 1. The van der Waals surface area contributed by atoms with E-state index in [0.717, 1.165) is 0 Å². The van der Waals surface area contributed by atoms with Crippen molar-refractivity contribution in [1.29, 1.82) is 0 Å². The number of nitrogens with one attached hydrogen (secondary N) is 1. The number of ether oxygens (including phenoxy) is 1. The molecular weight excluding hydrogens is 372 g/mol. The molecule has 4 aromatic rings. The van der Waals surface area contributed by atoms with Crippen molar-refractivity contribution in [2.75, 3.05) is 0 Å². The van der Waals surface area contributed by atoms with Crippen LogP contribution in [0.5, 0.6) is 11.5 Å². The summed E-state index contributed by atoms with van der Waals surface area (Å²) in [5, 5.41) is 4.37. The highest BCUT2D eigenvalue weighted by molar-refractivity contribution is 5.53. The molecule has 0 saturated heterocycles. The molecule has 29 heavy (non-hydrogen) atoms. The maximum absolute atomic E-state index is 12.3. The second-order valence-electron chi connectivity index (χ2n) is 7.54. The standard InChI is InChI=1S/C20H20N6O3/c1-12-15(29-13-7-8-22-14(9-13)16-10-21-11-28-16)5-6-17(23-12)26-19(27)24-18(25-26)20(2,3)4/h5-11H,1-4H3,(H,24,25,27). The number of aryl methyl sites for hydroxylation is 1. The third kappa shape index (κ3) is 3.79. The fourth-order valence-electron chi connectivity index (χ4n) is 2.66. The lowest BCUT2D eigenvalue weighted by atomic mass is 9.96. The summed E-state index contributed by atoms with van der Waals surface area (Å²) >= 11 is 0. The summed E-state index contributed by atoms with van der Waals surface area (Å²) in [6.07, 6.45) is 4.56. The van der Waals surface area contributed by atoms with Gasteiger partial charge in [0.05, 0.1) is 11.9 Å². The van der Waals surface area contributed by atoms with Crippen molar-refractivity contribution >= 4 is 0 Å². The third-order valence-corrected chi connectivity index (χ3v) is 4.21. The number of hydrogen-bond acceptors (Lipinski definition) is 7. The topological polar surface area (TPSA) is 112 Å². The smallest absolute Gasteiger partial charge is 0.349 e. The zero-order valence-corrected chi connectivity index (χ0v) is 16.5. The first-order valence-electron chi connectivity index (χ1n) is 9.02. The molecule has 0 aliphatic carbocycles. The van der Waals surface area contributed by atoms with Gasteiger partial charge in [-0.2, -0.15) is 4.68 Å². The van der Waals surface area contributed by atoms with Crippen molar-refractivity contribution in [3.8, 4) is 28.8 Å². The Labute approximate surface area is 166 Å². The normalized spacial score (nSPS) is 11.6. The van der Waals surface area contributed by atoms with Gasteiger partial charge in [0.25, 0.3) is 0 Å². The Kier molecular flexibility index (Phi) is 4.50. The summed E-state index contributed by atoms with van der Waals surface area (Å²) in [4.78, 5) is 27.7. The molecule has 0 fully saturated rings. The third-order valence-electron chi connectivity index (χ3n) is 4.21. The van der Waals surface area contributed by atoms with Crippen LogP contribution in [0.15, 0.2) is 52.3 Å². The Morgan fingerprint density at radius 1 is 1.21 bits per heavy atom. The number of aromatic amines is 1. The van der Waals surface area contributed by atoms with Gasteiger partial charge in [0.1, 0.15) is 23.0 Å². The number of rotatable bonds is 4. The first kappa shape index (κ1) is 18.6. The molecule has 0 atom stereocenters. The van der Waals surface area contributed by atoms with Gasteiger partial charge in [0.2, 0.25) is 0 Å². The minimum absolute atomic E-state index is 0.273. The molecule has 0 radical (unpaired) electrons. The molecule has 4 heterocycles. The maximum atomic E-state index is 12.3. The van der Waals surface area contributed by atoms with Crippen LogP contribution >= 0.6 is 0 Å². The maximum Gasteiger partial charge on any atom is 0.349 e. The highest BCUT2D eigenvalue weighted by Gasteiger charge is 2.21. The number of pyridine rings is 2. The summed E-state index contributed by atoms with van der Waals surface area (Å²) < 4.78 is 12.5. The van der Waals surface area contributed by atoms with Crippen molar-refractivity contribution < 1.29 is 9.15 Å². The van der Waals surface area contributed by atoms with Gasteiger partial charge < -0.3 is 9.15 Å². The minimum atomic E-state index is -0.332. The second kappa shape index (κ2) is 7.01. The zero-order chi connectivity index (χ0) is 20.6. The Hall–Kier alpha value is -3.75. The molecule has 1 N–H and O–H groups in total. The largest absolute Gasteiger partial charge is 0.455 e. The summed E-state index contributed by atoms with van der Waals surface area (Å²) in [6.45, 7) is 7.74. The first-order chi connectivity index (χ1) is 13.8. The second-order valence-corrected chi connectivity index (χ2v) is 7.54. The van der Waals surface area contributed by atoms with Crippen molar-refractivity contribution in [1.82, 2.24) is 29.7 Å². The van der Waals surface area contributed by atoms with E-state index in [2.05, 4.69) is 25.0 Å². The number of H-pyrrole nitrogens is 1. The molecule has 0 unspecified atom stereocenters.